The predicted octanol–water partition coefficient (Wildman–Crippen LogP) is 4.42. The van der Waals surface area contributed by atoms with E-state index in [1.807, 2.05) is 42.5 Å². The Bertz CT molecular complexity index is 619. The van der Waals surface area contributed by atoms with Crippen LogP contribution < -0.4 is 0 Å². The van der Waals surface area contributed by atoms with E-state index in [1.54, 1.807) is 19.1 Å². The monoisotopic (exact) mass is 366 g/mol. The molecule has 1 aliphatic rings. The normalized spacial score (nSPS) is 13.4. The van der Waals surface area contributed by atoms with Gasteiger partial charge in [-0.05, 0) is 13.3 Å². The van der Waals surface area contributed by atoms with Crippen molar-refractivity contribution >= 4 is 11.8 Å². The van der Waals surface area contributed by atoms with Crippen LogP contribution >= 0.6 is 0 Å². The molecule has 0 unspecified atom stereocenters. The Morgan fingerprint density at radius 3 is 2.17 bits per heavy atom. The van der Waals surface area contributed by atoms with Gasteiger partial charge in [-0.15, -0.1) is 12.0 Å². The predicted molar refractivity (Wildman–Crippen MR) is 90.5 cm³/mol. The average Bonchev–Trinajstić information content (AvgIpc) is 3.30. The van der Waals surface area contributed by atoms with Crippen molar-refractivity contribution in [3.05, 3.63) is 71.3 Å². The van der Waals surface area contributed by atoms with Gasteiger partial charge in [-0.1, -0.05) is 12.8 Å². The molecule has 0 saturated heterocycles. The van der Waals surface area contributed by atoms with E-state index >= 15 is 0 Å². The van der Waals surface area contributed by atoms with Crippen LogP contribution in [0.4, 0.5) is 0 Å². The third-order valence-electron chi connectivity index (χ3n) is 3.74. The van der Waals surface area contributed by atoms with Gasteiger partial charge in [-0.3, -0.25) is 0 Å². The third-order valence-corrected chi connectivity index (χ3v) is 3.74. The van der Waals surface area contributed by atoms with Gasteiger partial charge in [0.2, 0.25) is 0 Å². The fourth-order valence-electron chi connectivity index (χ4n) is 2.62. The Labute approximate surface area is 153 Å². The smallest absolute Gasteiger partial charge is 0.306 e. The summed E-state index contributed by atoms with van der Waals surface area (Å²) in [4.78, 5) is 24.2. The maximum Gasteiger partial charge on any atom is 0.306 e. The van der Waals surface area contributed by atoms with E-state index in [0.29, 0.717) is 36.2 Å². The number of esters is 1. The molecule has 134 valence electrons. The summed E-state index contributed by atoms with van der Waals surface area (Å²) < 4.78 is 5.03. The first-order valence-electron chi connectivity index (χ1n) is 8.06. The van der Waals surface area contributed by atoms with Gasteiger partial charge in [0.25, 0.3) is 0 Å². The molecule has 1 aliphatic carbocycles. The summed E-state index contributed by atoms with van der Waals surface area (Å²) in [7, 11) is 0. The molecule has 4 heteroatoms. The van der Waals surface area contributed by atoms with Crippen LogP contribution in [-0.4, -0.2) is 18.4 Å². The van der Waals surface area contributed by atoms with Crippen molar-refractivity contribution in [2.24, 2.45) is 0 Å². The summed E-state index contributed by atoms with van der Waals surface area (Å²) in [6, 6.07) is 17.2. The molecule has 0 bridgehead atoms. The van der Waals surface area contributed by atoms with Gasteiger partial charge in [0.05, 0.1) is 6.61 Å². The topological polar surface area (TPSA) is 43.4 Å². The minimum absolute atomic E-state index is 0. The van der Waals surface area contributed by atoms with E-state index in [4.69, 9.17) is 4.74 Å². The molecule has 0 N–H and O–H groups in total. The second-order valence-corrected chi connectivity index (χ2v) is 5.35. The number of hydrogen-bond acceptors (Lipinski definition) is 3. The Morgan fingerprint density at radius 1 is 1.08 bits per heavy atom. The number of allylic oxidation sites excluding steroid dienone is 1. The summed E-state index contributed by atoms with van der Waals surface area (Å²) in [5.74, 6) is -0.352. The number of ketones is 1. The van der Waals surface area contributed by atoms with Gasteiger partial charge in [0.1, 0.15) is 0 Å². The molecule has 0 aliphatic heterocycles. The molecule has 24 heavy (non-hydrogen) atoms. The quantitative estimate of drug-likeness (QED) is 0.348. The first kappa shape index (κ1) is 20.1. The van der Waals surface area contributed by atoms with Gasteiger partial charge < -0.3 is 50.7 Å². The van der Waals surface area contributed by atoms with Gasteiger partial charge in [0.15, 0.2) is 0 Å². The summed E-state index contributed by atoms with van der Waals surface area (Å²) in [6.07, 6.45) is 3.25. The summed E-state index contributed by atoms with van der Waals surface area (Å²) in [6.45, 7) is 2.13. The van der Waals surface area contributed by atoms with Crippen molar-refractivity contribution in [1.29, 1.82) is 0 Å². The Hall–Kier alpha value is -1.90. The molecule has 0 atom stereocenters. The maximum atomic E-state index is 12.3. The van der Waals surface area contributed by atoms with Crippen LogP contribution in [0.3, 0.4) is 0 Å². The Morgan fingerprint density at radius 2 is 1.67 bits per heavy atom. The molecule has 2 aromatic carbocycles. The molecule has 0 amide bonds. The molecule has 0 fully saturated rings. The summed E-state index contributed by atoms with van der Waals surface area (Å²) in [5.41, 5.74) is 1.88. The van der Waals surface area contributed by atoms with E-state index in [1.165, 1.54) is 0 Å². The van der Waals surface area contributed by atoms with Gasteiger partial charge in [-0.25, -0.2) is 16.9 Å². The largest absolute Gasteiger partial charge is 0.645 e. The van der Waals surface area contributed by atoms with E-state index < -0.39 is 0 Å². The van der Waals surface area contributed by atoms with Crippen LogP contribution in [0.15, 0.2) is 65.7 Å². The van der Waals surface area contributed by atoms with Crippen LogP contribution in [0, 0.1) is 0 Å². The maximum absolute atomic E-state index is 12.3. The van der Waals surface area contributed by atoms with Crippen molar-refractivity contribution < 1.29 is 31.4 Å². The first-order chi connectivity index (χ1) is 11.2. The SMILES string of the molecule is CCOC(=O)C1=C(C(=O)[c-]2[cH-][cH-][cH-][cH-]2)CCCC1.[Fe].c1cc[cH-]c1. The van der Waals surface area contributed by atoms with Crippen LogP contribution in [-0.2, 0) is 26.6 Å². The van der Waals surface area contributed by atoms with Crippen molar-refractivity contribution in [3.63, 3.8) is 0 Å². The van der Waals surface area contributed by atoms with Crippen molar-refractivity contribution in [2.75, 3.05) is 6.61 Å². The number of carbonyl (C=O) groups is 2. The molecule has 0 spiro atoms. The fraction of sp³-hybridized carbons (Fsp3) is 0.300. The Balaban J connectivity index is 0.000000412. The van der Waals surface area contributed by atoms with Crippen LogP contribution in [0.5, 0.6) is 0 Å². The molecule has 3 nitrogen and oxygen atoms in total. The zero-order valence-electron chi connectivity index (χ0n) is 13.8. The zero-order valence-corrected chi connectivity index (χ0v) is 14.9. The van der Waals surface area contributed by atoms with E-state index in [-0.39, 0.29) is 28.8 Å². The minimum Gasteiger partial charge on any atom is -0.645 e. The zero-order chi connectivity index (χ0) is 16.5. The molecule has 0 heterocycles. The summed E-state index contributed by atoms with van der Waals surface area (Å²) in [5, 5.41) is 0. The molecular formula is C20H22FeO3-6. The number of rotatable bonds is 4. The molecule has 0 saturated carbocycles. The second kappa shape index (κ2) is 10.8. The third kappa shape index (κ3) is 5.63. The van der Waals surface area contributed by atoms with E-state index in [0.717, 1.165) is 12.8 Å². The van der Waals surface area contributed by atoms with E-state index in [9.17, 15) is 9.59 Å². The van der Waals surface area contributed by atoms with Gasteiger partial charge >= 0.3 is 5.97 Å². The fourth-order valence-corrected chi connectivity index (χ4v) is 2.62. The van der Waals surface area contributed by atoms with Crippen molar-refractivity contribution in [3.8, 4) is 0 Å². The molecular weight excluding hydrogens is 344 g/mol. The van der Waals surface area contributed by atoms with Gasteiger partial charge in [-0.2, -0.15) is 18.2 Å². The molecule has 0 aromatic heterocycles. The standard InChI is InChI=1S/C15H17O3.C5H5.Fe/c1-2-18-15(17)13-10-6-5-9-12(13)14(16)11-7-3-4-8-11;1-2-4-5-3-1;/h3-4,7-8H,2,5-6,9-10H2,1H3;1-5H;/q-5;-1;. The average molecular weight is 366 g/mol. The second-order valence-electron chi connectivity index (χ2n) is 5.35. The van der Waals surface area contributed by atoms with Crippen LogP contribution in [0.2, 0.25) is 0 Å². The van der Waals surface area contributed by atoms with Crippen molar-refractivity contribution in [1.82, 2.24) is 0 Å². The number of ether oxygens (including phenoxy) is 1. The first-order valence-corrected chi connectivity index (χ1v) is 8.06. The van der Waals surface area contributed by atoms with Crippen LogP contribution in [0.25, 0.3) is 0 Å². The molecule has 3 rings (SSSR count). The summed E-state index contributed by atoms with van der Waals surface area (Å²) >= 11 is 0. The number of carbonyl (C=O) groups excluding carboxylic acids is 2. The van der Waals surface area contributed by atoms with Crippen LogP contribution in [0.1, 0.15) is 43.0 Å². The number of hydrogen-bond donors (Lipinski definition) is 0. The number of Topliss-reactive ketones (excluding diaryl/α,β-unsaturated/α-hetero) is 1. The molecule has 2 aromatic rings. The van der Waals surface area contributed by atoms with Crippen molar-refractivity contribution in [2.45, 2.75) is 32.6 Å². The van der Waals surface area contributed by atoms with E-state index in [2.05, 4.69) is 0 Å². The molecule has 0 radical (unpaired) electrons. The minimum atomic E-state index is -0.327. The van der Waals surface area contributed by atoms with Gasteiger partial charge in [0, 0.05) is 17.1 Å². The Kier molecular flexibility index (Phi) is 9.06.